The van der Waals surface area contributed by atoms with E-state index >= 15 is 0 Å². The first-order chi connectivity index (χ1) is 8.74. The Kier molecular flexibility index (Phi) is 4.36. The monoisotopic (exact) mass is 245 g/mol. The molecule has 2 rings (SSSR count). The summed E-state index contributed by atoms with van der Waals surface area (Å²) in [6, 6.07) is 11.9. The third-order valence-corrected chi connectivity index (χ3v) is 2.74. The van der Waals surface area contributed by atoms with Crippen molar-refractivity contribution in [3.8, 4) is 5.75 Å². The number of hydrogen-bond donors (Lipinski definition) is 1. The highest BCUT2D eigenvalue weighted by Crippen LogP contribution is 2.09. The Morgan fingerprint density at radius 1 is 1.28 bits per heavy atom. The molecule has 1 aromatic carbocycles. The second-order valence-corrected chi connectivity index (χ2v) is 4.40. The molecule has 0 aliphatic carbocycles. The van der Waals surface area contributed by atoms with E-state index in [9.17, 15) is 0 Å². The summed E-state index contributed by atoms with van der Waals surface area (Å²) in [4.78, 5) is 0. The van der Waals surface area contributed by atoms with Crippen molar-refractivity contribution in [2.45, 2.75) is 18.9 Å². The number of nitrogens with two attached hydrogens (primary N) is 1. The number of hydrogen-bond acceptors (Lipinski definition) is 3. The predicted molar refractivity (Wildman–Crippen MR) is 71.4 cm³/mol. The molecule has 96 valence electrons. The molecule has 0 aliphatic heterocycles. The van der Waals surface area contributed by atoms with E-state index in [0.29, 0.717) is 6.61 Å². The Bertz CT molecular complexity index is 467. The van der Waals surface area contributed by atoms with Crippen LogP contribution >= 0.6 is 0 Å². The van der Waals surface area contributed by atoms with Gasteiger partial charge in [0, 0.05) is 25.7 Å². The van der Waals surface area contributed by atoms with Gasteiger partial charge in [-0.15, -0.1) is 0 Å². The highest BCUT2D eigenvalue weighted by atomic mass is 16.5. The fourth-order valence-corrected chi connectivity index (χ4v) is 1.79. The summed E-state index contributed by atoms with van der Waals surface area (Å²) in [6.45, 7) is 0.637. The van der Waals surface area contributed by atoms with E-state index in [1.54, 1.807) is 4.68 Å². The maximum Gasteiger partial charge on any atom is 0.119 e. The van der Waals surface area contributed by atoms with Gasteiger partial charge in [0.15, 0.2) is 0 Å². The van der Waals surface area contributed by atoms with Gasteiger partial charge in [0.2, 0.25) is 0 Å². The molecule has 1 aromatic heterocycles. The molecule has 2 aromatic rings. The van der Waals surface area contributed by atoms with Crippen LogP contribution in [0.3, 0.4) is 0 Å². The molecule has 0 bridgehead atoms. The lowest BCUT2D eigenvalue weighted by Crippen LogP contribution is -2.25. The maximum absolute atomic E-state index is 6.05. The van der Waals surface area contributed by atoms with Crippen LogP contribution in [-0.2, 0) is 13.5 Å². The Balaban J connectivity index is 1.70. The van der Waals surface area contributed by atoms with E-state index in [1.807, 2.05) is 49.6 Å². The molecular formula is C14H19N3O. The van der Waals surface area contributed by atoms with Crippen LogP contribution in [0.25, 0.3) is 0 Å². The molecule has 4 heteroatoms. The van der Waals surface area contributed by atoms with Crippen LogP contribution in [0.15, 0.2) is 42.6 Å². The van der Waals surface area contributed by atoms with Gasteiger partial charge >= 0.3 is 0 Å². The van der Waals surface area contributed by atoms with Gasteiger partial charge in [0.25, 0.3) is 0 Å². The SMILES string of the molecule is Cn1ccc(CC(N)CCOc2ccccc2)n1. The van der Waals surface area contributed by atoms with Crippen LogP contribution in [0, 0.1) is 0 Å². The summed E-state index contributed by atoms with van der Waals surface area (Å²) in [5.41, 5.74) is 7.08. The zero-order valence-corrected chi connectivity index (χ0v) is 10.6. The van der Waals surface area contributed by atoms with Crippen LogP contribution in [0.4, 0.5) is 0 Å². The summed E-state index contributed by atoms with van der Waals surface area (Å²) >= 11 is 0. The first-order valence-corrected chi connectivity index (χ1v) is 6.16. The number of nitrogens with zero attached hydrogens (tertiary/aromatic N) is 2. The molecule has 0 radical (unpaired) electrons. The molecule has 1 unspecified atom stereocenters. The van der Waals surface area contributed by atoms with Crippen molar-refractivity contribution in [2.24, 2.45) is 12.8 Å². The van der Waals surface area contributed by atoms with Crippen molar-refractivity contribution in [3.05, 3.63) is 48.3 Å². The molecular weight excluding hydrogens is 226 g/mol. The number of aromatic nitrogens is 2. The first kappa shape index (κ1) is 12.6. The number of ether oxygens (including phenoxy) is 1. The van der Waals surface area contributed by atoms with Gasteiger partial charge < -0.3 is 10.5 Å². The van der Waals surface area contributed by atoms with E-state index in [4.69, 9.17) is 10.5 Å². The highest BCUT2D eigenvalue weighted by molar-refractivity contribution is 5.20. The topological polar surface area (TPSA) is 53.1 Å². The largest absolute Gasteiger partial charge is 0.494 e. The summed E-state index contributed by atoms with van der Waals surface area (Å²) in [5, 5.41) is 4.31. The lowest BCUT2D eigenvalue weighted by molar-refractivity contribution is 0.297. The number of aryl methyl sites for hydroxylation is 1. The van der Waals surface area contributed by atoms with Gasteiger partial charge in [-0.2, -0.15) is 5.10 Å². The molecule has 2 N–H and O–H groups in total. The Labute approximate surface area is 107 Å². The van der Waals surface area contributed by atoms with E-state index in [-0.39, 0.29) is 6.04 Å². The first-order valence-electron chi connectivity index (χ1n) is 6.16. The van der Waals surface area contributed by atoms with Gasteiger partial charge in [-0.25, -0.2) is 0 Å². The van der Waals surface area contributed by atoms with Crippen molar-refractivity contribution >= 4 is 0 Å². The van der Waals surface area contributed by atoms with Crippen molar-refractivity contribution in [2.75, 3.05) is 6.61 Å². The van der Waals surface area contributed by atoms with E-state index in [0.717, 1.165) is 24.3 Å². The molecule has 0 spiro atoms. The van der Waals surface area contributed by atoms with Gasteiger partial charge in [-0.05, 0) is 24.6 Å². The van der Waals surface area contributed by atoms with E-state index < -0.39 is 0 Å². The zero-order valence-electron chi connectivity index (χ0n) is 10.6. The van der Waals surface area contributed by atoms with Gasteiger partial charge in [-0.1, -0.05) is 18.2 Å². The third kappa shape index (κ3) is 3.89. The van der Waals surface area contributed by atoms with Gasteiger partial charge in [-0.3, -0.25) is 4.68 Å². The Morgan fingerprint density at radius 2 is 2.06 bits per heavy atom. The zero-order chi connectivity index (χ0) is 12.8. The molecule has 18 heavy (non-hydrogen) atoms. The molecule has 0 amide bonds. The summed E-state index contributed by atoms with van der Waals surface area (Å²) < 4.78 is 7.41. The Hall–Kier alpha value is -1.81. The van der Waals surface area contributed by atoms with Gasteiger partial charge in [0.1, 0.15) is 5.75 Å². The minimum Gasteiger partial charge on any atom is -0.494 e. The molecule has 0 fully saturated rings. The Morgan fingerprint density at radius 3 is 2.72 bits per heavy atom. The molecule has 4 nitrogen and oxygen atoms in total. The highest BCUT2D eigenvalue weighted by Gasteiger charge is 2.06. The summed E-state index contributed by atoms with van der Waals surface area (Å²) in [7, 11) is 1.91. The number of para-hydroxylation sites is 1. The smallest absolute Gasteiger partial charge is 0.119 e. The minimum absolute atomic E-state index is 0.0867. The van der Waals surface area contributed by atoms with Crippen LogP contribution in [-0.4, -0.2) is 22.4 Å². The second-order valence-electron chi connectivity index (χ2n) is 4.40. The van der Waals surface area contributed by atoms with E-state index in [2.05, 4.69) is 5.10 Å². The van der Waals surface area contributed by atoms with Crippen molar-refractivity contribution < 1.29 is 4.74 Å². The lowest BCUT2D eigenvalue weighted by atomic mass is 10.1. The second kappa shape index (κ2) is 6.21. The van der Waals surface area contributed by atoms with Crippen molar-refractivity contribution in [3.63, 3.8) is 0 Å². The quantitative estimate of drug-likeness (QED) is 0.843. The summed E-state index contributed by atoms with van der Waals surface area (Å²) in [5.74, 6) is 0.891. The van der Waals surface area contributed by atoms with Crippen molar-refractivity contribution in [1.82, 2.24) is 9.78 Å². The fraction of sp³-hybridized carbons (Fsp3) is 0.357. The molecule has 1 heterocycles. The van der Waals surface area contributed by atoms with Crippen molar-refractivity contribution in [1.29, 1.82) is 0 Å². The van der Waals surface area contributed by atoms with Gasteiger partial charge in [0.05, 0.1) is 12.3 Å². The maximum atomic E-state index is 6.05. The van der Waals surface area contributed by atoms with Crippen LogP contribution in [0.1, 0.15) is 12.1 Å². The molecule has 0 saturated carbocycles. The third-order valence-electron chi connectivity index (χ3n) is 2.74. The molecule has 1 atom stereocenters. The summed E-state index contributed by atoms with van der Waals surface area (Å²) in [6.07, 6.45) is 3.55. The van der Waals surface area contributed by atoms with Crippen LogP contribution in [0.5, 0.6) is 5.75 Å². The average Bonchev–Trinajstić information content (AvgIpc) is 2.76. The molecule has 0 aliphatic rings. The minimum atomic E-state index is 0.0867. The van der Waals surface area contributed by atoms with Crippen LogP contribution < -0.4 is 10.5 Å². The standard InChI is InChI=1S/C14H19N3O/c1-17-9-7-13(16-17)11-12(15)8-10-18-14-5-3-2-4-6-14/h2-7,9,12H,8,10-11,15H2,1H3. The number of rotatable bonds is 6. The normalized spacial score (nSPS) is 12.3. The molecule has 0 saturated heterocycles. The fourth-order valence-electron chi connectivity index (χ4n) is 1.79. The average molecular weight is 245 g/mol. The predicted octanol–water partition coefficient (Wildman–Crippen LogP) is 1.76. The van der Waals surface area contributed by atoms with Crippen LogP contribution in [0.2, 0.25) is 0 Å². The lowest BCUT2D eigenvalue weighted by Gasteiger charge is -2.11. The number of benzene rings is 1. The van der Waals surface area contributed by atoms with E-state index in [1.165, 1.54) is 0 Å².